The molecule has 1 aliphatic rings. The summed E-state index contributed by atoms with van der Waals surface area (Å²) in [5, 5.41) is 3.95. The SMILES string of the molecule is Cc1nc(N2CCN(C)CC2)nc(C)c1NC(=O)c1ccc2ccccc2n1. The lowest BCUT2D eigenvalue weighted by molar-refractivity contribution is 0.102. The van der Waals surface area contributed by atoms with Crippen LogP contribution in [0.15, 0.2) is 36.4 Å². The van der Waals surface area contributed by atoms with Gasteiger partial charge < -0.3 is 15.1 Å². The van der Waals surface area contributed by atoms with Gasteiger partial charge in [-0.05, 0) is 33.0 Å². The molecule has 0 atom stereocenters. The van der Waals surface area contributed by atoms with Gasteiger partial charge in [0.05, 0.1) is 22.6 Å². The minimum absolute atomic E-state index is 0.257. The summed E-state index contributed by atoms with van der Waals surface area (Å²) in [6.07, 6.45) is 0. The van der Waals surface area contributed by atoms with Gasteiger partial charge in [-0.1, -0.05) is 24.3 Å². The molecule has 1 amide bonds. The van der Waals surface area contributed by atoms with E-state index in [1.54, 1.807) is 6.07 Å². The normalized spacial score (nSPS) is 15.0. The van der Waals surface area contributed by atoms with Crippen LogP contribution in [0.25, 0.3) is 10.9 Å². The molecule has 7 heteroatoms. The number of nitrogens with zero attached hydrogens (tertiary/aromatic N) is 5. The number of carbonyl (C=O) groups is 1. The van der Waals surface area contributed by atoms with Crippen LogP contribution in [0.4, 0.5) is 11.6 Å². The van der Waals surface area contributed by atoms with Crippen molar-refractivity contribution in [1.29, 1.82) is 0 Å². The highest BCUT2D eigenvalue weighted by Gasteiger charge is 2.20. The van der Waals surface area contributed by atoms with Gasteiger partial charge in [0.2, 0.25) is 5.95 Å². The van der Waals surface area contributed by atoms with Crippen molar-refractivity contribution in [2.45, 2.75) is 13.8 Å². The minimum Gasteiger partial charge on any atom is -0.338 e. The van der Waals surface area contributed by atoms with Crippen LogP contribution in [0, 0.1) is 13.8 Å². The number of rotatable bonds is 3. The molecule has 0 radical (unpaired) electrons. The van der Waals surface area contributed by atoms with E-state index in [-0.39, 0.29) is 5.91 Å². The number of piperazine rings is 1. The van der Waals surface area contributed by atoms with Crippen LogP contribution in [0.5, 0.6) is 0 Å². The predicted octanol–water partition coefficient (Wildman–Crippen LogP) is 2.65. The average molecular weight is 376 g/mol. The summed E-state index contributed by atoms with van der Waals surface area (Å²) in [6, 6.07) is 11.4. The Balaban J connectivity index is 1.56. The van der Waals surface area contributed by atoms with Crippen LogP contribution in [0.1, 0.15) is 21.9 Å². The van der Waals surface area contributed by atoms with Gasteiger partial charge in [0, 0.05) is 31.6 Å². The van der Waals surface area contributed by atoms with E-state index < -0.39 is 0 Å². The van der Waals surface area contributed by atoms with Gasteiger partial charge >= 0.3 is 0 Å². The van der Waals surface area contributed by atoms with Crippen LogP contribution >= 0.6 is 0 Å². The van der Waals surface area contributed by atoms with Crippen LogP contribution in [0.3, 0.4) is 0 Å². The number of hydrogen-bond acceptors (Lipinski definition) is 6. The first-order valence-corrected chi connectivity index (χ1v) is 9.47. The van der Waals surface area contributed by atoms with E-state index in [1.165, 1.54) is 0 Å². The lowest BCUT2D eigenvalue weighted by Crippen LogP contribution is -2.45. The number of likely N-dealkylation sites (N-methyl/N-ethyl adjacent to an activating group) is 1. The number of aromatic nitrogens is 3. The monoisotopic (exact) mass is 376 g/mol. The number of benzene rings is 1. The number of fused-ring (bicyclic) bond motifs is 1. The van der Waals surface area contributed by atoms with E-state index in [2.05, 4.69) is 37.1 Å². The molecule has 1 saturated heterocycles. The summed E-state index contributed by atoms with van der Waals surface area (Å²) in [5.74, 6) is 0.470. The molecule has 0 aliphatic carbocycles. The molecular formula is C21H24N6O. The van der Waals surface area contributed by atoms with E-state index in [4.69, 9.17) is 0 Å². The number of amides is 1. The Morgan fingerprint density at radius 3 is 2.32 bits per heavy atom. The Bertz CT molecular complexity index is 1000. The standard InChI is InChI=1S/C21H24N6O/c1-14-19(15(2)23-21(22-14)27-12-10-26(3)11-13-27)25-20(28)18-9-8-16-6-4-5-7-17(16)24-18/h4-9H,10-13H2,1-3H3,(H,25,28). The van der Waals surface area contributed by atoms with Gasteiger partial charge in [-0.2, -0.15) is 0 Å². The van der Waals surface area contributed by atoms with Gasteiger partial charge in [0.1, 0.15) is 5.69 Å². The summed E-state index contributed by atoms with van der Waals surface area (Å²) >= 11 is 0. The van der Waals surface area contributed by atoms with Crippen molar-refractivity contribution in [2.75, 3.05) is 43.4 Å². The Kier molecular flexibility index (Phi) is 4.92. The highest BCUT2D eigenvalue weighted by Crippen LogP contribution is 2.22. The van der Waals surface area contributed by atoms with Crippen molar-refractivity contribution < 1.29 is 4.79 Å². The fourth-order valence-electron chi connectivity index (χ4n) is 3.40. The molecular weight excluding hydrogens is 352 g/mol. The summed E-state index contributed by atoms with van der Waals surface area (Å²) in [5.41, 5.74) is 3.34. The third-order valence-corrected chi connectivity index (χ3v) is 5.11. The first kappa shape index (κ1) is 18.3. The van der Waals surface area contributed by atoms with Crippen molar-refractivity contribution in [3.63, 3.8) is 0 Å². The van der Waals surface area contributed by atoms with Crippen molar-refractivity contribution >= 4 is 28.4 Å². The van der Waals surface area contributed by atoms with Gasteiger partial charge in [-0.3, -0.25) is 4.79 Å². The molecule has 7 nitrogen and oxygen atoms in total. The van der Waals surface area contributed by atoms with Gasteiger partial charge in [-0.15, -0.1) is 0 Å². The lowest BCUT2D eigenvalue weighted by atomic mass is 10.2. The molecule has 1 aliphatic heterocycles. The third kappa shape index (κ3) is 3.66. The molecule has 1 aromatic carbocycles. The maximum absolute atomic E-state index is 12.7. The highest BCUT2D eigenvalue weighted by molar-refractivity contribution is 6.04. The number of pyridine rings is 1. The average Bonchev–Trinajstić information content (AvgIpc) is 2.70. The Morgan fingerprint density at radius 1 is 0.929 bits per heavy atom. The van der Waals surface area contributed by atoms with Gasteiger partial charge in [0.25, 0.3) is 5.91 Å². The highest BCUT2D eigenvalue weighted by atomic mass is 16.1. The number of nitrogens with one attached hydrogen (secondary N) is 1. The predicted molar refractivity (Wildman–Crippen MR) is 111 cm³/mol. The second-order valence-electron chi connectivity index (χ2n) is 7.20. The van der Waals surface area contributed by atoms with Crippen LogP contribution in [-0.4, -0.2) is 59.0 Å². The first-order chi connectivity index (χ1) is 13.5. The van der Waals surface area contributed by atoms with E-state index >= 15 is 0 Å². The number of para-hydroxylation sites is 1. The second kappa shape index (κ2) is 7.52. The smallest absolute Gasteiger partial charge is 0.274 e. The molecule has 3 heterocycles. The molecule has 28 heavy (non-hydrogen) atoms. The maximum atomic E-state index is 12.7. The summed E-state index contributed by atoms with van der Waals surface area (Å²) < 4.78 is 0. The van der Waals surface area contributed by atoms with Crippen molar-refractivity contribution in [1.82, 2.24) is 19.9 Å². The molecule has 3 aromatic rings. The van der Waals surface area contributed by atoms with Crippen molar-refractivity contribution in [3.05, 3.63) is 53.5 Å². The Labute approximate surface area is 164 Å². The molecule has 144 valence electrons. The summed E-state index contributed by atoms with van der Waals surface area (Å²) in [4.78, 5) is 31.0. The minimum atomic E-state index is -0.257. The van der Waals surface area contributed by atoms with E-state index in [0.29, 0.717) is 11.4 Å². The maximum Gasteiger partial charge on any atom is 0.274 e. The van der Waals surface area contributed by atoms with Crippen LogP contribution in [-0.2, 0) is 0 Å². The molecule has 1 fully saturated rings. The number of anilines is 2. The number of hydrogen-bond donors (Lipinski definition) is 1. The lowest BCUT2D eigenvalue weighted by Gasteiger charge is -2.32. The van der Waals surface area contributed by atoms with Crippen molar-refractivity contribution in [3.8, 4) is 0 Å². The molecule has 4 rings (SSSR count). The fraction of sp³-hybridized carbons (Fsp3) is 0.333. The quantitative estimate of drug-likeness (QED) is 0.758. The van der Waals surface area contributed by atoms with E-state index in [1.807, 2.05) is 44.2 Å². The zero-order chi connectivity index (χ0) is 19.7. The topological polar surface area (TPSA) is 74.2 Å². The molecule has 0 unspecified atom stereocenters. The zero-order valence-corrected chi connectivity index (χ0v) is 16.4. The van der Waals surface area contributed by atoms with E-state index in [0.717, 1.165) is 54.4 Å². The van der Waals surface area contributed by atoms with E-state index in [9.17, 15) is 4.79 Å². The Morgan fingerprint density at radius 2 is 1.61 bits per heavy atom. The van der Waals surface area contributed by atoms with Crippen LogP contribution < -0.4 is 10.2 Å². The summed E-state index contributed by atoms with van der Waals surface area (Å²) in [7, 11) is 2.12. The summed E-state index contributed by atoms with van der Waals surface area (Å²) in [6.45, 7) is 7.60. The molecule has 0 spiro atoms. The molecule has 0 bridgehead atoms. The first-order valence-electron chi connectivity index (χ1n) is 9.47. The van der Waals surface area contributed by atoms with Crippen molar-refractivity contribution in [2.24, 2.45) is 0 Å². The molecule has 0 saturated carbocycles. The molecule has 2 aromatic heterocycles. The van der Waals surface area contributed by atoms with Gasteiger partial charge in [0.15, 0.2) is 0 Å². The third-order valence-electron chi connectivity index (χ3n) is 5.11. The fourth-order valence-corrected chi connectivity index (χ4v) is 3.40. The number of aryl methyl sites for hydroxylation is 2. The zero-order valence-electron chi connectivity index (χ0n) is 16.4. The van der Waals surface area contributed by atoms with Crippen LogP contribution in [0.2, 0.25) is 0 Å². The Hall–Kier alpha value is -3.06. The number of carbonyl (C=O) groups excluding carboxylic acids is 1. The largest absolute Gasteiger partial charge is 0.338 e. The second-order valence-corrected chi connectivity index (χ2v) is 7.20. The molecule has 1 N–H and O–H groups in total. The van der Waals surface area contributed by atoms with Gasteiger partial charge in [-0.25, -0.2) is 15.0 Å².